The van der Waals surface area contributed by atoms with Crippen LogP contribution in [0.4, 0.5) is 5.69 Å². The number of nitrogens with two attached hydrogens (primary N) is 1. The van der Waals surface area contributed by atoms with Crippen LogP contribution in [-0.4, -0.2) is 37.0 Å². The number of carbonyl (C=O) groups is 1. The van der Waals surface area contributed by atoms with Crippen molar-refractivity contribution >= 4 is 11.6 Å². The minimum Gasteiger partial charge on any atom is -0.362 e. The van der Waals surface area contributed by atoms with E-state index in [9.17, 15) is 4.79 Å². The van der Waals surface area contributed by atoms with Crippen molar-refractivity contribution in [2.24, 2.45) is 5.73 Å². The van der Waals surface area contributed by atoms with E-state index >= 15 is 0 Å². The number of amides is 1. The van der Waals surface area contributed by atoms with Crippen molar-refractivity contribution in [1.29, 1.82) is 0 Å². The first-order valence-corrected chi connectivity index (χ1v) is 7.45. The fraction of sp³-hybridized carbons (Fsp3) is 0.562. The lowest BCUT2D eigenvalue weighted by atomic mass is 10.0. The van der Waals surface area contributed by atoms with Gasteiger partial charge >= 0.3 is 0 Å². The van der Waals surface area contributed by atoms with Gasteiger partial charge in [-0.15, -0.1) is 0 Å². The Labute approximate surface area is 120 Å². The van der Waals surface area contributed by atoms with E-state index in [0.29, 0.717) is 12.6 Å². The molecule has 2 aliphatic rings. The zero-order valence-electron chi connectivity index (χ0n) is 12.3. The molecule has 4 nitrogen and oxygen atoms in total. The monoisotopic (exact) mass is 273 g/mol. The highest BCUT2D eigenvalue weighted by atomic mass is 16.2. The third-order valence-electron chi connectivity index (χ3n) is 4.44. The van der Waals surface area contributed by atoms with E-state index < -0.39 is 0 Å². The molecule has 1 saturated carbocycles. The minimum atomic E-state index is 0.0666. The predicted molar refractivity (Wildman–Crippen MR) is 80.8 cm³/mol. The molecule has 4 heteroatoms. The molecule has 1 aliphatic heterocycles. The third kappa shape index (κ3) is 2.52. The molecular weight excluding hydrogens is 250 g/mol. The summed E-state index contributed by atoms with van der Waals surface area (Å²) in [6.07, 6.45) is 3.34. The summed E-state index contributed by atoms with van der Waals surface area (Å²) in [5.74, 6) is 0.233. The molecule has 1 fully saturated rings. The van der Waals surface area contributed by atoms with Crippen LogP contribution in [0.15, 0.2) is 18.2 Å². The third-order valence-corrected chi connectivity index (χ3v) is 4.44. The van der Waals surface area contributed by atoms with Gasteiger partial charge in [0.2, 0.25) is 5.91 Å². The molecular formula is C16H23N3O. The van der Waals surface area contributed by atoms with Gasteiger partial charge in [-0.1, -0.05) is 12.1 Å². The van der Waals surface area contributed by atoms with Crippen LogP contribution in [-0.2, 0) is 11.2 Å². The van der Waals surface area contributed by atoms with Crippen LogP contribution >= 0.6 is 0 Å². The fourth-order valence-corrected chi connectivity index (χ4v) is 2.88. The summed E-state index contributed by atoms with van der Waals surface area (Å²) in [5.41, 5.74) is 9.62. The Morgan fingerprint density at radius 1 is 1.50 bits per heavy atom. The Kier molecular flexibility index (Phi) is 3.42. The molecule has 1 aromatic rings. The maximum Gasteiger partial charge on any atom is 0.242 e. The Hall–Kier alpha value is -1.55. The molecule has 0 spiro atoms. The van der Waals surface area contributed by atoms with Crippen molar-refractivity contribution < 1.29 is 4.79 Å². The minimum absolute atomic E-state index is 0.0666. The van der Waals surface area contributed by atoms with Crippen molar-refractivity contribution in [1.82, 2.24) is 4.90 Å². The van der Waals surface area contributed by atoms with E-state index in [2.05, 4.69) is 23.1 Å². The lowest BCUT2D eigenvalue weighted by Gasteiger charge is -2.23. The Morgan fingerprint density at radius 2 is 2.25 bits per heavy atom. The number of nitrogens with zero attached hydrogens (tertiary/aromatic N) is 2. The molecule has 0 bridgehead atoms. The Balaban J connectivity index is 1.71. The average Bonchev–Trinajstić information content (AvgIpc) is 3.20. The van der Waals surface area contributed by atoms with Crippen LogP contribution < -0.4 is 10.6 Å². The van der Waals surface area contributed by atoms with Crippen molar-refractivity contribution in [3.05, 3.63) is 29.3 Å². The molecule has 1 amide bonds. The van der Waals surface area contributed by atoms with E-state index in [1.807, 2.05) is 18.9 Å². The van der Waals surface area contributed by atoms with Crippen LogP contribution in [0.3, 0.4) is 0 Å². The second-order valence-electron chi connectivity index (χ2n) is 6.08. The number of rotatable bonds is 4. The van der Waals surface area contributed by atoms with Gasteiger partial charge in [-0.3, -0.25) is 4.79 Å². The van der Waals surface area contributed by atoms with Gasteiger partial charge in [0.1, 0.15) is 0 Å². The van der Waals surface area contributed by atoms with E-state index in [0.717, 1.165) is 25.8 Å². The molecule has 3 rings (SSSR count). The lowest BCUT2D eigenvalue weighted by Crippen LogP contribution is -2.38. The highest BCUT2D eigenvalue weighted by Crippen LogP contribution is 2.31. The second kappa shape index (κ2) is 5.09. The predicted octanol–water partition coefficient (Wildman–Crippen LogP) is 1.69. The van der Waals surface area contributed by atoms with Crippen LogP contribution in [0.2, 0.25) is 0 Å². The number of hydrogen-bond donors (Lipinski definition) is 1. The quantitative estimate of drug-likeness (QED) is 0.908. The molecule has 108 valence electrons. The number of hydrogen-bond acceptors (Lipinski definition) is 3. The van der Waals surface area contributed by atoms with Crippen molar-refractivity contribution in [2.45, 2.75) is 38.3 Å². The van der Waals surface area contributed by atoms with Crippen LogP contribution in [0, 0.1) is 0 Å². The maximum atomic E-state index is 12.2. The SMILES string of the molecule is CC(N)c1ccc2c(c1)CCN2CC(=O)N(C)C1CC1. The van der Waals surface area contributed by atoms with Gasteiger partial charge in [-0.05, 0) is 43.4 Å². The summed E-state index contributed by atoms with van der Waals surface area (Å²) in [7, 11) is 1.93. The smallest absolute Gasteiger partial charge is 0.242 e. The first-order valence-electron chi connectivity index (χ1n) is 7.45. The van der Waals surface area contributed by atoms with E-state index in [4.69, 9.17) is 5.73 Å². The molecule has 1 aliphatic carbocycles. The summed E-state index contributed by atoms with van der Waals surface area (Å²) >= 11 is 0. The number of fused-ring (bicyclic) bond motifs is 1. The van der Waals surface area contributed by atoms with E-state index in [1.54, 1.807) is 0 Å². The van der Waals surface area contributed by atoms with Gasteiger partial charge in [-0.2, -0.15) is 0 Å². The highest BCUT2D eigenvalue weighted by molar-refractivity contribution is 5.82. The highest BCUT2D eigenvalue weighted by Gasteiger charge is 2.31. The van der Waals surface area contributed by atoms with Crippen LogP contribution in [0.5, 0.6) is 0 Å². The largest absolute Gasteiger partial charge is 0.362 e. The average molecular weight is 273 g/mol. The van der Waals surface area contributed by atoms with E-state index in [-0.39, 0.29) is 11.9 Å². The molecule has 2 N–H and O–H groups in total. The molecule has 1 unspecified atom stereocenters. The zero-order valence-corrected chi connectivity index (χ0v) is 12.3. The van der Waals surface area contributed by atoms with Crippen LogP contribution in [0.1, 0.15) is 36.9 Å². The van der Waals surface area contributed by atoms with Gasteiger partial charge in [0.25, 0.3) is 0 Å². The van der Waals surface area contributed by atoms with Gasteiger partial charge in [0.15, 0.2) is 0 Å². The number of likely N-dealkylation sites (N-methyl/N-ethyl adjacent to an activating group) is 1. The normalized spacial score (nSPS) is 18.9. The van der Waals surface area contributed by atoms with Gasteiger partial charge in [-0.25, -0.2) is 0 Å². The summed E-state index contributed by atoms with van der Waals surface area (Å²) in [6, 6.07) is 6.94. The molecule has 1 aromatic carbocycles. The molecule has 0 radical (unpaired) electrons. The summed E-state index contributed by atoms with van der Waals surface area (Å²) in [4.78, 5) is 16.3. The van der Waals surface area contributed by atoms with Gasteiger partial charge in [0, 0.05) is 31.4 Å². The first kappa shape index (κ1) is 13.4. The molecule has 20 heavy (non-hydrogen) atoms. The first-order chi connectivity index (χ1) is 9.56. The Bertz CT molecular complexity index is 522. The molecule has 0 aromatic heterocycles. The number of carbonyl (C=O) groups excluding carboxylic acids is 1. The van der Waals surface area contributed by atoms with E-state index in [1.165, 1.54) is 16.8 Å². The number of anilines is 1. The zero-order chi connectivity index (χ0) is 14.3. The Morgan fingerprint density at radius 3 is 2.90 bits per heavy atom. The lowest BCUT2D eigenvalue weighted by molar-refractivity contribution is -0.128. The standard InChI is InChI=1S/C16H23N3O/c1-11(17)12-3-6-15-13(9-12)7-8-19(15)10-16(20)18(2)14-4-5-14/h3,6,9,11,14H,4-5,7-8,10,17H2,1-2H3. The second-order valence-corrected chi connectivity index (χ2v) is 6.08. The summed E-state index contributed by atoms with van der Waals surface area (Å²) in [5, 5.41) is 0. The van der Waals surface area contributed by atoms with Gasteiger partial charge in [0.05, 0.1) is 6.54 Å². The fourth-order valence-electron chi connectivity index (χ4n) is 2.88. The van der Waals surface area contributed by atoms with Gasteiger partial charge < -0.3 is 15.5 Å². The molecule has 1 atom stereocenters. The van der Waals surface area contributed by atoms with Crippen molar-refractivity contribution in [2.75, 3.05) is 25.0 Å². The molecule has 1 heterocycles. The topological polar surface area (TPSA) is 49.6 Å². The van der Waals surface area contributed by atoms with Crippen molar-refractivity contribution in [3.63, 3.8) is 0 Å². The van der Waals surface area contributed by atoms with Crippen LogP contribution in [0.25, 0.3) is 0 Å². The molecule has 0 saturated heterocycles. The maximum absolute atomic E-state index is 12.2. The summed E-state index contributed by atoms with van der Waals surface area (Å²) in [6.45, 7) is 3.43. The summed E-state index contributed by atoms with van der Waals surface area (Å²) < 4.78 is 0. The van der Waals surface area contributed by atoms with Crippen molar-refractivity contribution in [3.8, 4) is 0 Å². The number of benzene rings is 1.